The molecule has 0 aromatic carbocycles. The smallest absolute Gasteiger partial charge is 0.0352 e. The van der Waals surface area contributed by atoms with Crippen LogP contribution in [0, 0.1) is 0 Å². The lowest BCUT2D eigenvalue weighted by molar-refractivity contribution is 0.288. The molecule has 2 rings (SSSR count). The molecule has 2 N–H and O–H groups in total. The number of aromatic amines is 1. The van der Waals surface area contributed by atoms with Crippen LogP contribution >= 0.6 is 0 Å². The first-order valence-corrected chi connectivity index (χ1v) is 3.75. The molecule has 54 valence electrons. The van der Waals surface area contributed by atoms with Crippen molar-refractivity contribution in [2.24, 2.45) is 0 Å². The highest BCUT2D eigenvalue weighted by atomic mass is 15.0. The summed E-state index contributed by atoms with van der Waals surface area (Å²) in [5, 5.41) is 3.43. The molecule has 1 aliphatic rings. The van der Waals surface area contributed by atoms with E-state index in [1.165, 1.54) is 12.0 Å². The molecule has 2 unspecified atom stereocenters. The van der Waals surface area contributed by atoms with E-state index in [0.29, 0.717) is 12.1 Å². The van der Waals surface area contributed by atoms with E-state index in [1.54, 1.807) is 0 Å². The highest BCUT2D eigenvalue weighted by Crippen LogP contribution is 2.26. The van der Waals surface area contributed by atoms with Gasteiger partial charge in [-0.15, -0.1) is 0 Å². The zero-order chi connectivity index (χ0) is 6.97. The van der Waals surface area contributed by atoms with E-state index in [9.17, 15) is 0 Å². The van der Waals surface area contributed by atoms with Gasteiger partial charge in [-0.1, -0.05) is 0 Å². The summed E-state index contributed by atoms with van der Waals surface area (Å²) >= 11 is 0. The van der Waals surface area contributed by atoms with Gasteiger partial charge in [0.2, 0.25) is 0 Å². The maximum absolute atomic E-state index is 3.43. The lowest BCUT2D eigenvalue weighted by Gasteiger charge is -2.34. The minimum absolute atomic E-state index is 0.612. The van der Waals surface area contributed by atoms with Gasteiger partial charge in [-0.25, -0.2) is 0 Å². The molecule has 10 heavy (non-hydrogen) atoms. The van der Waals surface area contributed by atoms with Crippen molar-refractivity contribution in [3.05, 3.63) is 24.0 Å². The highest BCUT2D eigenvalue weighted by Gasteiger charge is 2.25. The molecular weight excluding hydrogens is 124 g/mol. The van der Waals surface area contributed by atoms with E-state index < -0.39 is 0 Å². The lowest BCUT2D eigenvalue weighted by atomic mass is 9.94. The van der Waals surface area contributed by atoms with E-state index in [4.69, 9.17) is 0 Å². The first-order chi connectivity index (χ1) is 4.86. The molecule has 1 aliphatic heterocycles. The van der Waals surface area contributed by atoms with E-state index in [-0.39, 0.29) is 0 Å². The van der Waals surface area contributed by atoms with Crippen LogP contribution < -0.4 is 5.32 Å². The summed E-state index contributed by atoms with van der Waals surface area (Å²) in [5.41, 5.74) is 1.39. The minimum Gasteiger partial charge on any atom is -0.367 e. The topological polar surface area (TPSA) is 27.8 Å². The number of rotatable bonds is 1. The lowest BCUT2D eigenvalue weighted by Crippen LogP contribution is -2.43. The summed E-state index contributed by atoms with van der Waals surface area (Å²) in [4.78, 5) is 3.05. The molecule has 0 bridgehead atoms. The van der Waals surface area contributed by atoms with Crippen molar-refractivity contribution in [2.75, 3.05) is 0 Å². The molecule has 2 heterocycles. The number of hydrogen-bond donors (Lipinski definition) is 2. The van der Waals surface area contributed by atoms with Crippen molar-refractivity contribution in [3.63, 3.8) is 0 Å². The second-order valence-corrected chi connectivity index (χ2v) is 3.00. The standard InChI is InChI=1S/C8H12N2/c1-6-4-8(10-6)7-2-3-9-5-7/h2-3,5-6,8-10H,4H2,1H3. The van der Waals surface area contributed by atoms with Gasteiger partial charge in [0, 0.05) is 24.5 Å². The Morgan fingerprint density at radius 1 is 1.60 bits per heavy atom. The molecule has 2 atom stereocenters. The van der Waals surface area contributed by atoms with E-state index in [1.807, 2.05) is 6.20 Å². The minimum atomic E-state index is 0.612. The van der Waals surface area contributed by atoms with E-state index in [0.717, 1.165) is 0 Å². The molecule has 0 amide bonds. The van der Waals surface area contributed by atoms with Crippen molar-refractivity contribution >= 4 is 0 Å². The quantitative estimate of drug-likeness (QED) is 0.600. The maximum Gasteiger partial charge on any atom is 0.0352 e. The molecule has 0 aliphatic carbocycles. The second-order valence-electron chi connectivity index (χ2n) is 3.00. The Hall–Kier alpha value is -0.760. The van der Waals surface area contributed by atoms with Crippen LogP contribution in [0.5, 0.6) is 0 Å². The zero-order valence-electron chi connectivity index (χ0n) is 6.09. The van der Waals surface area contributed by atoms with Crippen LogP contribution in [0.25, 0.3) is 0 Å². The Labute approximate surface area is 60.6 Å². The van der Waals surface area contributed by atoms with Crippen molar-refractivity contribution in [3.8, 4) is 0 Å². The molecule has 1 fully saturated rings. The number of H-pyrrole nitrogens is 1. The van der Waals surface area contributed by atoms with Gasteiger partial charge in [0.1, 0.15) is 0 Å². The van der Waals surface area contributed by atoms with Crippen molar-refractivity contribution < 1.29 is 0 Å². The Kier molecular flexibility index (Phi) is 1.27. The first-order valence-electron chi connectivity index (χ1n) is 3.75. The third-order valence-corrected chi connectivity index (χ3v) is 2.10. The molecule has 0 spiro atoms. The SMILES string of the molecule is CC1CC(c2cc[nH]c2)N1. The molecule has 1 aromatic rings. The third-order valence-electron chi connectivity index (χ3n) is 2.10. The monoisotopic (exact) mass is 136 g/mol. The van der Waals surface area contributed by atoms with Gasteiger partial charge in [-0.2, -0.15) is 0 Å². The van der Waals surface area contributed by atoms with Crippen LogP contribution in [0.15, 0.2) is 18.5 Å². The summed E-state index contributed by atoms with van der Waals surface area (Å²) in [6, 6.07) is 3.45. The van der Waals surface area contributed by atoms with Gasteiger partial charge < -0.3 is 10.3 Å². The van der Waals surface area contributed by atoms with Crippen LogP contribution in [0.1, 0.15) is 24.9 Å². The van der Waals surface area contributed by atoms with Crippen LogP contribution in [-0.4, -0.2) is 11.0 Å². The van der Waals surface area contributed by atoms with Crippen LogP contribution in [0.2, 0.25) is 0 Å². The average molecular weight is 136 g/mol. The van der Waals surface area contributed by atoms with Gasteiger partial charge in [-0.05, 0) is 25.0 Å². The molecule has 2 heteroatoms. The number of hydrogen-bond acceptors (Lipinski definition) is 1. The Balaban J connectivity index is 2.04. The fourth-order valence-electron chi connectivity index (χ4n) is 1.46. The van der Waals surface area contributed by atoms with Crippen LogP contribution in [0.4, 0.5) is 0 Å². The second kappa shape index (κ2) is 2.13. The summed E-state index contributed by atoms with van der Waals surface area (Å²) < 4.78 is 0. The van der Waals surface area contributed by atoms with Gasteiger partial charge in [-0.3, -0.25) is 0 Å². The predicted molar refractivity (Wildman–Crippen MR) is 40.7 cm³/mol. The van der Waals surface area contributed by atoms with Gasteiger partial charge in [0.05, 0.1) is 0 Å². The largest absolute Gasteiger partial charge is 0.367 e. The molecule has 0 saturated carbocycles. The van der Waals surface area contributed by atoms with Gasteiger partial charge in [0.15, 0.2) is 0 Å². The predicted octanol–water partition coefficient (Wildman–Crippen LogP) is 1.44. The van der Waals surface area contributed by atoms with Crippen LogP contribution in [-0.2, 0) is 0 Å². The maximum atomic E-state index is 3.43. The highest BCUT2D eigenvalue weighted by molar-refractivity contribution is 5.17. The van der Waals surface area contributed by atoms with Gasteiger partial charge >= 0.3 is 0 Å². The zero-order valence-corrected chi connectivity index (χ0v) is 6.09. The van der Waals surface area contributed by atoms with Crippen LogP contribution in [0.3, 0.4) is 0 Å². The molecule has 2 nitrogen and oxygen atoms in total. The molecule has 0 radical (unpaired) electrons. The normalized spacial score (nSPS) is 31.7. The Morgan fingerprint density at radius 3 is 2.90 bits per heavy atom. The van der Waals surface area contributed by atoms with Gasteiger partial charge in [0.25, 0.3) is 0 Å². The first kappa shape index (κ1) is 5.98. The molecular formula is C8H12N2. The number of nitrogens with one attached hydrogen (secondary N) is 2. The van der Waals surface area contributed by atoms with Crippen molar-refractivity contribution in [2.45, 2.75) is 25.4 Å². The Morgan fingerprint density at radius 2 is 2.40 bits per heavy atom. The fourth-order valence-corrected chi connectivity index (χ4v) is 1.46. The van der Waals surface area contributed by atoms with E-state index in [2.05, 4.69) is 29.5 Å². The summed E-state index contributed by atoms with van der Waals surface area (Å²) in [7, 11) is 0. The Bertz CT molecular complexity index is 197. The van der Waals surface area contributed by atoms with E-state index >= 15 is 0 Å². The fraction of sp³-hybridized carbons (Fsp3) is 0.500. The number of aromatic nitrogens is 1. The van der Waals surface area contributed by atoms with Crippen molar-refractivity contribution in [1.29, 1.82) is 0 Å². The van der Waals surface area contributed by atoms with Crippen molar-refractivity contribution in [1.82, 2.24) is 10.3 Å². The summed E-state index contributed by atoms with van der Waals surface area (Å²) in [5.74, 6) is 0. The summed E-state index contributed by atoms with van der Waals surface area (Å²) in [6.45, 7) is 2.21. The molecule has 1 aromatic heterocycles. The summed E-state index contributed by atoms with van der Waals surface area (Å²) in [6.07, 6.45) is 5.31. The average Bonchev–Trinajstić information content (AvgIpc) is 2.31. The molecule has 1 saturated heterocycles. The third kappa shape index (κ3) is 0.847.